The van der Waals surface area contributed by atoms with Crippen LogP contribution >= 0.6 is 11.8 Å². The average molecular weight is 613 g/mol. The summed E-state index contributed by atoms with van der Waals surface area (Å²) < 4.78 is 39.9. The van der Waals surface area contributed by atoms with E-state index in [0.29, 0.717) is 12.4 Å². The van der Waals surface area contributed by atoms with Crippen molar-refractivity contribution in [2.45, 2.75) is 37.0 Å². The van der Waals surface area contributed by atoms with Crippen LogP contribution in [0.5, 0.6) is 0 Å². The van der Waals surface area contributed by atoms with E-state index in [1.54, 1.807) is 11.2 Å². The van der Waals surface area contributed by atoms with Crippen molar-refractivity contribution in [2.75, 3.05) is 29.6 Å². The first-order chi connectivity index (χ1) is 21.4. The van der Waals surface area contributed by atoms with Gasteiger partial charge in [-0.2, -0.15) is 13.2 Å². The summed E-state index contributed by atoms with van der Waals surface area (Å²) in [4.78, 5) is 19.2. The van der Waals surface area contributed by atoms with Crippen LogP contribution < -0.4 is 10.2 Å². The lowest BCUT2D eigenvalue weighted by molar-refractivity contribution is -0.141. The van der Waals surface area contributed by atoms with E-state index >= 15 is 0 Å². The maximum absolute atomic E-state index is 13.3. The van der Waals surface area contributed by atoms with Gasteiger partial charge in [0.15, 0.2) is 10.9 Å². The number of anilines is 3. The zero-order valence-corrected chi connectivity index (χ0v) is 25.0. The monoisotopic (exact) mass is 612 g/mol. The molecule has 0 unspecified atom stereocenters. The van der Waals surface area contributed by atoms with Crippen molar-refractivity contribution >= 4 is 29.2 Å². The Labute approximate surface area is 258 Å². The van der Waals surface area contributed by atoms with Gasteiger partial charge in [-0.1, -0.05) is 84.6 Å². The molecule has 0 saturated carbocycles. The fraction of sp³-hybridized carbons (Fsp3) is 0.235. The molecule has 0 amide bonds. The Kier molecular flexibility index (Phi) is 8.79. The summed E-state index contributed by atoms with van der Waals surface area (Å²) in [7, 11) is 0. The minimum Gasteiger partial charge on any atom is -0.370 e. The van der Waals surface area contributed by atoms with Crippen LogP contribution in [0.3, 0.4) is 0 Å². The van der Waals surface area contributed by atoms with Crippen LogP contribution in [-0.2, 0) is 19.0 Å². The number of aromatic nitrogens is 4. The van der Waals surface area contributed by atoms with Crippen LogP contribution in [0, 0.1) is 0 Å². The third kappa shape index (κ3) is 6.70. The number of hydrogen-bond acceptors (Lipinski definition) is 7. The van der Waals surface area contributed by atoms with E-state index in [0.717, 1.165) is 72.0 Å². The van der Waals surface area contributed by atoms with Crippen molar-refractivity contribution in [1.82, 2.24) is 19.9 Å². The lowest BCUT2D eigenvalue weighted by Crippen LogP contribution is -2.27. The molecule has 0 bridgehead atoms. The normalized spacial score (nSPS) is 14.0. The summed E-state index contributed by atoms with van der Waals surface area (Å²) in [6, 6.07) is 29.3. The summed E-state index contributed by atoms with van der Waals surface area (Å²) in [5.41, 5.74) is 5.37. The number of aryl methyl sites for hydroxylation is 2. The van der Waals surface area contributed by atoms with Gasteiger partial charge in [-0.05, 0) is 55.2 Å². The molecular formula is C34H31F3N6S. The van der Waals surface area contributed by atoms with E-state index in [1.165, 1.54) is 17.5 Å². The van der Waals surface area contributed by atoms with Gasteiger partial charge in [0.1, 0.15) is 17.5 Å². The SMILES string of the molecule is CSc1nc(N2CCCc3ccc(-c4ccccc4)nc32)cc(C(F)(F)F)n1.c1ccc(-c2ccc3c(n2)NCCC3)cc1. The zero-order valence-electron chi connectivity index (χ0n) is 24.2. The molecule has 224 valence electrons. The Morgan fingerprint density at radius 1 is 0.727 bits per heavy atom. The molecule has 10 heteroatoms. The molecule has 6 nitrogen and oxygen atoms in total. The van der Waals surface area contributed by atoms with E-state index in [4.69, 9.17) is 4.98 Å². The number of benzene rings is 2. The number of nitrogens with one attached hydrogen (secondary N) is 1. The Balaban J connectivity index is 0.000000181. The molecule has 0 aliphatic carbocycles. The Morgan fingerprint density at radius 3 is 2.02 bits per heavy atom. The van der Waals surface area contributed by atoms with Crippen LogP contribution in [0.25, 0.3) is 22.5 Å². The first-order valence-electron chi connectivity index (χ1n) is 14.5. The minimum absolute atomic E-state index is 0.0937. The second-order valence-electron chi connectivity index (χ2n) is 10.5. The predicted molar refractivity (Wildman–Crippen MR) is 170 cm³/mol. The van der Waals surface area contributed by atoms with Crippen molar-refractivity contribution in [3.8, 4) is 22.5 Å². The maximum atomic E-state index is 13.3. The van der Waals surface area contributed by atoms with Crippen molar-refractivity contribution in [1.29, 1.82) is 0 Å². The van der Waals surface area contributed by atoms with Gasteiger partial charge in [0, 0.05) is 30.3 Å². The highest BCUT2D eigenvalue weighted by atomic mass is 32.2. The van der Waals surface area contributed by atoms with Crippen molar-refractivity contribution in [3.05, 3.63) is 108 Å². The lowest BCUT2D eigenvalue weighted by atomic mass is 10.0. The summed E-state index contributed by atoms with van der Waals surface area (Å²) in [6.45, 7) is 1.60. The summed E-state index contributed by atoms with van der Waals surface area (Å²) in [6.07, 6.45) is 1.14. The molecule has 3 aromatic heterocycles. The van der Waals surface area contributed by atoms with E-state index in [1.807, 2.05) is 60.7 Å². The van der Waals surface area contributed by atoms with E-state index in [9.17, 15) is 13.2 Å². The molecule has 2 aliphatic rings. The topological polar surface area (TPSA) is 66.8 Å². The largest absolute Gasteiger partial charge is 0.433 e. The molecule has 0 spiro atoms. The number of halogens is 3. The number of pyridine rings is 2. The van der Waals surface area contributed by atoms with Crippen LogP contribution in [0.1, 0.15) is 29.7 Å². The first kappa shape index (κ1) is 29.6. The van der Waals surface area contributed by atoms with Gasteiger partial charge in [0.25, 0.3) is 0 Å². The van der Waals surface area contributed by atoms with Gasteiger partial charge in [-0.15, -0.1) is 0 Å². The van der Waals surface area contributed by atoms with Gasteiger partial charge in [-0.3, -0.25) is 0 Å². The molecule has 7 rings (SSSR count). The predicted octanol–water partition coefficient (Wildman–Crippen LogP) is 8.47. The van der Waals surface area contributed by atoms with Gasteiger partial charge in [0.2, 0.25) is 0 Å². The van der Waals surface area contributed by atoms with Crippen molar-refractivity contribution < 1.29 is 13.2 Å². The number of rotatable bonds is 4. The van der Waals surface area contributed by atoms with E-state index < -0.39 is 11.9 Å². The third-order valence-corrected chi connectivity index (χ3v) is 8.06. The number of alkyl halides is 3. The highest BCUT2D eigenvalue weighted by Gasteiger charge is 2.35. The molecule has 44 heavy (non-hydrogen) atoms. The van der Waals surface area contributed by atoms with Crippen molar-refractivity contribution in [3.63, 3.8) is 0 Å². The van der Waals surface area contributed by atoms with Crippen LogP contribution in [0.4, 0.5) is 30.6 Å². The fourth-order valence-electron chi connectivity index (χ4n) is 5.32. The third-order valence-electron chi connectivity index (χ3n) is 7.51. The second kappa shape index (κ2) is 13.1. The first-order valence-corrected chi connectivity index (χ1v) is 15.7. The summed E-state index contributed by atoms with van der Waals surface area (Å²) in [5, 5.41) is 3.46. The number of nitrogens with zero attached hydrogens (tertiary/aromatic N) is 5. The second-order valence-corrected chi connectivity index (χ2v) is 11.3. The van der Waals surface area contributed by atoms with Crippen LogP contribution in [-0.4, -0.2) is 39.3 Å². The molecule has 0 atom stereocenters. The van der Waals surface area contributed by atoms with Gasteiger partial charge >= 0.3 is 6.18 Å². The summed E-state index contributed by atoms with van der Waals surface area (Å²) >= 11 is 1.09. The maximum Gasteiger partial charge on any atom is 0.433 e. The minimum atomic E-state index is -4.53. The highest BCUT2D eigenvalue weighted by Crippen LogP contribution is 2.36. The molecule has 5 heterocycles. The number of fused-ring (bicyclic) bond motifs is 2. The number of hydrogen-bond donors (Lipinski definition) is 1. The van der Waals surface area contributed by atoms with Gasteiger partial charge in [0.05, 0.1) is 11.4 Å². The lowest BCUT2D eigenvalue weighted by Gasteiger charge is -2.30. The molecular weight excluding hydrogens is 581 g/mol. The smallest absolute Gasteiger partial charge is 0.370 e. The Bertz CT molecular complexity index is 1730. The van der Waals surface area contributed by atoms with Crippen molar-refractivity contribution in [2.24, 2.45) is 0 Å². The molecule has 2 aliphatic heterocycles. The van der Waals surface area contributed by atoms with Crippen LogP contribution in [0.2, 0.25) is 0 Å². The molecule has 0 fully saturated rings. The molecule has 5 aromatic rings. The average Bonchev–Trinajstić information content (AvgIpc) is 3.08. The van der Waals surface area contributed by atoms with Gasteiger partial charge < -0.3 is 10.2 Å². The highest BCUT2D eigenvalue weighted by molar-refractivity contribution is 7.98. The fourth-order valence-corrected chi connectivity index (χ4v) is 5.69. The Morgan fingerprint density at radius 2 is 1.36 bits per heavy atom. The van der Waals surface area contributed by atoms with E-state index in [-0.39, 0.29) is 11.0 Å². The molecule has 0 radical (unpaired) electrons. The molecule has 2 aromatic carbocycles. The molecule has 0 saturated heterocycles. The van der Waals surface area contributed by atoms with Gasteiger partial charge in [-0.25, -0.2) is 19.9 Å². The molecule has 1 N–H and O–H groups in total. The van der Waals surface area contributed by atoms with E-state index in [2.05, 4.69) is 44.5 Å². The standard InChI is InChI=1S/C20H17F3N4S.C14H14N2/c1-28-19-25-16(20(21,22)23)12-17(26-19)27-11-5-8-14-9-10-15(24-18(14)27)13-6-3-2-4-7-13;1-2-5-11(6-3-1)13-9-8-12-7-4-10-15-14(12)16-13/h2-4,6-7,9-10,12H,5,8,11H2,1H3;1-3,5-6,8-9H,4,7,10H2,(H,15,16). The quantitative estimate of drug-likeness (QED) is 0.161. The number of thioether (sulfide) groups is 1. The van der Waals surface area contributed by atoms with Crippen LogP contribution in [0.15, 0.2) is 96.2 Å². The Hall–Kier alpha value is -4.44. The summed E-state index contributed by atoms with van der Waals surface area (Å²) in [5.74, 6) is 1.95. The zero-order chi connectivity index (χ0) is 30.5.